The number of hydrogen-bond acceptors (Lipinski definition) is 5. The SMILES string of the molecule is CCN(CCC(=O)OC)c1nccn(C(C)C)c1=O. The first-order valence-electron chi connectivity index (χ1n) is 6.40. The van der Waals surface area contributed by atoms with Crippen molar-refractivity contribution in [1.82, 2.24) is 9.55 Å². The summed E-state index contributed by atoms with van der Waals surface area (Å²) in [6, 6.07) is 0.0774. The monoisotopic (exact) mass is 267 g/mol. The molecule has 1 rings (SSSR count). The Bertz CT molecular complexity index is 482. The maximum Gasteiger partial charge on any atom is 0.307 e. The van der Waals surface area contributed by atoms with Gasteiger partial charge in [0.15, 0.2) is 5.82 Å². The quantitative estimate of drug-likeness (QED) is 0.725. The molecule has 0 aliphatic carbocycles. The van der Waals surface area contributed by atoms with Crippen LogP contribution in [0.2, 0.25) is 0 Å². The molecule has 0 aliphatic rings. The van der Waals surface area contributed by atoms with Crippen LogP contribution in [0.5, 0.6) is 0 Å². The predicted octanol–water partition coefficient (Wildman–Crippen LogP) is 1.21. The van der Waals surface area contributed by atoms with Crippen molar-refractivity contribution in [2.75, 3.05) is 25.1 Å². The van der Waals surface area contributed by atoms with E-state index in [2.05, 4.69) is 9.72 Å². The second-order valence-corrected chi connectivity index (χ2v) is 4.46. The number of hydrogen-bond donors (Lipinski definition) is 0. The summed E-state index contributed by atoms with van der Waals surface area (Å²) in [5.41, 5.74) is -0.135. The number of rotatable bonds is 6. The number of ether oxygens (including phenoxy) is 1. The van der Waals surface area contributed by atoms with Gasteiger partial charge in [-0.05, 0) is 20.8 Å². The van der Waals surface area contributed by atoms with Crippen LogP contribution >= 0.6 is 0 Å². The van der Waals surface area contributed by atoms with Crippen LogP contribution in [-0.4, -0.2) is 35.7 Å². The second-order valence-electron chi connectivity index (χ2n) is 4.46. The highest BCUT2D eigenvalue weighted by molar-refractivity contribution is 5.69. The van der Waals surface area contributed by atoms with Crippen molar-refractivity contribution < 1.29 is 9.53 Å². The van der Waals surface area contributed by atoms with Crippen LogP contribution in [0.25, 0.3) is 0 Å². The Balaban J connectivity index is 2.96. The van der Waals surface area contributed by atoms with Crippen LogP contribution in [0.4, 0.5) is 5.82 Å². The molecule has 0 bridgehead atoms. The van der Waals surface area contributed by atoms with Crippen LogP contribution in [0, 0.1) is 0 Å². The lowest BCUT2D eigenvalue weighted by atomic mass is 10.3. The van der Waals surface area contributed by atoms with E-state index in [4.69, 9.17) is 0 Å². The lowest BCUT2D eigenvalue weighted by Gasteiger charge is -2.22. The number of aromatic nitrogens is 2. The molecule has 0 saturated carbocycles. The maximum atomic E-state index is 12.3. The van der Waals surface area contributed by atoms with Gasteiger partial charge in [-0.3, -0.25) is 9.59 Å². The van der Waals surface area contributed by atoms with Gasteiger partial charge in [0.1, 0.15) is 0 Å². The standard InChI is InChI=1S/C13H21N3O3/c1-5-15(8-6-11(17)19-4)12-13(18)16(10(2)3)9-7-14-12/h7,9-10H,5-6,8H2,1-4H3. The first-order valence-corrected chi connectivity index (χ1v) is 6.40. The summed E-state index contributed by atoms with van der Waals surface area (Å²) >= 11 is 0. The third kappa shape index (κ3) is 3.81. The van der Waals surface area contributed by atoms with Gasteiger partial charge < -0.3 is 14.2 Å². The van der Waals surface area contributed by atoms with E-state index in [-0.39, 0.29) is 24.0 Å². The molecular formula is C13H21N3O3. The summed E-state index contributed by atoms with van der Waals surface area (Å²) in [5.74, 6) is 0.0844. The molecule has 0 unspecified atom stereocenters. The van der Waals surface area contributed by atoms with Gasteiger partial charge in [-0.15, -0.1) is 0 Å². The van der Waals surface area contributed by atoms with Crippen LogP contribution < -0.4 is 10.5 Å². The molecule has 0 spiro atoms. The van der Waals surface area contributed by atoms with E-state index in [0.29, 0.717) is 18.9 Å². The molecule has 0 radical (unpaired) electrons. The van der Waals surface area contributed by atoms with E-state index >= 15 is 0 Å². The van der Waals surface area contributed by atoms with Crippen molar-refractivity contribution in [2.24, 2.45) is 0 Å². The molecule has 0 aromatic carbocycles. The molecule has 0 saturated heterocycles. The lowest BCUT2D eigenvalue weighted by Crippen LogP contribution is -2.35. The molecule has 1 aromatic rings. The van der Waals surface area contributed by atoms with Crippen LogP contribution in [0.15, 0.2) is 17.2 Å². The van der Waals surface area contributed by atoms with Crippen molar-refractivity contribution in [1.29, 1.82) is 0 Å². The molecule has 6 heteroatoms. The zero-order valence-corrected chi connectivity index (χ0v) is 11.9. The van der Waals surface area contributed by atoms with Crippen LogP contribution in [0.1, 0.15) is 33.2 Å². The van der Waals surface area contributed by atoms with Gasteiger partial charge in [-0.1, -0.05) is 0 Å². The van der Waals surface area contributed by atoms with Crippen molar-refractivity contribution in [3.05, 3.63) is 22.7 Å². The van der Waals surface area contributed by atoms with E-state index < -0.39 is 0 Å². The zero-order valence-electron chi connectivity index (χ0n) is 11.9. The average Bonchev–Trinajstić information content (AvgIpc) is 2.40. The number of nitrogens with zero attached hydrogens (tertiary/aromatic N) is 3. The Hall–Kier alpha value is -1.85. The Kier molecular flexibility index (Phi) is 5.54. The first kappa shape index (κ1) is 15.2. The third-order valence-corrected chi connectivity index (χ3v) is 2.90. The molecule has 0 fully saturated rings. The molecule has 1 heterocycles. The highest BCUT2D eigenvalue weighted by Crippen LogP contribution is 2.07. The molecule has 0 amide bonds. The van der Waals surface area contributed by atoms with Gasteiger partial charge in [0.2, 0.25) is 0 Å². The topological polar surface area (TPSA) is 64.4 Å². The smallest absolute Gasteiger partial charge is 0.307 e. The molecule has 106 valence electrons. The number of anilines is 1. The normalized spacial score (nSPS) is 10.6. The van der Waals surface area contributed by atoms with E-state index in [1.54, 1.807) is 21.9 Å². The summed E-state index contributed by atoms with van der Waals surface area (Å²) in [6.07, 6.45) is 3.52. The number of carbonyl (C=O) groups is 1. The molecular weight excluding hydrogens is 246 g/mol. The fourth-order valence-corrected chi connectivity index (χ4v) is 1.78. The predicted molar refractivity (Wildman–Crippen MR) is 73.4 cm³/mol. The second kappa shape index (κ2) is 6.92. The number of methoxy groups -OCH3 is 1. The summed E-state index contributed by atoms with van der Waals surface area (Å²) in [5, 5.41) is 0. The minimum absolute atomic E-state index is 0.0774. The van der Waals surface area contributed by atoms with Crippen LogP contribution in [-0.2, 0) is 9.53 Å². The Morgan fingerprint density at radius 1 is 1.53 bits per heavy atom. The van der Waals surface area contributed by atoms with Gasteiger partial charge in [0.05, 0.1) is 13.5 Å². The molecule has 0 aliphatic heterocycles. The minimum Gasteiger partial charge on any atom is -0.469 e. The van der Waals surface area contributed by atoms with Crippen molar-refractivity contribution >= 4 is 11.8 Å². The van der Waals surface area contributed by atoms with E-state index in [0.717, 1.165) is 0 Å². The van der Waals surface area contributed by atoms with Crippen molar-refractivity contribution in [3.63, 3.8) is 0 Å². The van der Waals surface area contributed by atoms with Gasteiger partial charge in [0, 0.05) is 31.5 Å². The van der Waals surface area contributed by atoms with Crippen LogP contribution in [0.3, 0.4) is 0 Å². The van der Waals surface area contributed by atoms with Gasteiger partial charge in [-0.2, -0.15) is 0 Å². The fourth-order valence-electron chi connectivity index (χ4n) is 1.78. The Morgan fingerprint density at radius 2 is 2.21 bits per heavy atom. The third-order valence-electron chi connectivity index (χ3n) is 2.90. The summed E-state index contributed by atoms with van der Waals surface area (Å²) in [4.78, 5) is 29.4. The van der Waals surface area contributed by atoms with Gasteiger partial charge in [-0.25, -0.2) is 4.98 Å². The Labute approximate surface area is 113 Å². The molecule has 1 aromatic heterocycles. The lowest BCUT2D eigenvalue weighted by molar-refractivity contribution is -0.140. The first-order chi connectivity index (χ1) is 9.01. The van der Waals surface area contributed by atoms with Crippen molar-refractivity contribution in [2.45, 2.75) is 33.2 Å². The van der Waals surface area contributed by atoms with E-state index in [1.807, 2.05) is 20.8 Å². The highest BCUT2D eigenvalue weighted by atomic mass is 16.5. The minimum atomic E-state index is -0.293. The molecule has 0 N–H and O–H groups in total. The number of carbonyl (C=O) groups excluding carboxylic acids is 1. The Morgan fingerprint density at radius 3 is 2.74 bits per heavy atom. The van der Waals surface area contributed by atoms with E-state index in [1.165, 1.54) is 7.11 Å². The summed E-state index contributed by atoms with van der Waals surface area (Å²) in [6.45, 7) is 6.84. The van der Waals surface area contributed by atoms with Gasteiger partial charge >= 0.3 is 5.97 Å². The largest absolute Gasteiger partial charge is 0.469 e. The summed E-state index contributed by atoms with van der Waals surface area (Å²) in [7, 11) is 1.35. The number of esters is 1. The average molecular weight is 267 g/mol. The molecule has 0 atom stereocenters. The van der Waals surface area contributed by atoms with Gasteiger partial charge in [0.25, 0.3) is 5.56 Å². The van der Waals surface area contributed by atoms with E-state index in [9.17, 15) is 9.59 Å². The van der Waals surface area contributed by atoms with Crippen molar-refractivity contribution in [3.8, 4) is 0 Å². The zero-order chi connectivity index (χ0) is 14.4. The summed E-state index contributed by atoms with van der Waals surface area (Å²) < 4.78 is 6.23. The molecule has 6 nitrogen and oxygen atoms in total. The fraction of sp³-hybridized carbons (Fsp3) is 0.615. The maximum absolute atomic E-state index is 12.3. The highest BCUT2D eigenvalue weighted by Gasteiger charge is 2.14. The molecule has 19 heavy (non-hydrogen) atoms.